The van der Waals surface area contributed by atoms with Gasteiger partial charge in [0.1, 0.15) is 0 Å². The molecule has 0 bridgehead atoms. The Morgan fingerprint density at radius 1 is 1.30 bits per heavy atom. The Morgan fingerprint density at radius 2 is 1.90 bits per heavy atom. The topological polar surface area (TPSA) is 64.3 Å². The molecule has 1 amide bonds. The molecule has 4 nitrogen and oxygen atoms in total. The Bertz CT molecular complexity index is 521. The van der Waals surface area contributed by atoms with Crippen molar-refractivity contribution in [1.29, 1.82) is 0 Å². The van der Waals surface area contributed by atoms with Gasteiger partial charge in [0.2, 0.25) is 0 Å². The van der Waals surface area contributed by atoms with E-state index in [0.717, 1.165) is 0 Å². The molecule has 1 aromatic carbocycles. The van der Waals surface area contributed by atoms with Gasteiger partial charge in [0, 0.05) is 6.04 Å². The largest absolute Gasteiger partial charge is 0.491 e. The predicted octanol–water partition coefficient (Wildman–Crippen LogP) is 2.83. The molecule has 1 saturated carbocycles. The Morgan fingerprint density at radius 3 is 2.40 bits per heavy atom. The van der Waals surface area contributed by atoms with E-state index in [4.69, 9.17) is 10.5 Å². The number of nitrogen functional groups attached to an aromatic ring is 1. The lowest BCUT2D eigenvalue weighted by atomic mass is 10.0. The van der Waals surface area contributed by atoms with Crippen molar-refractivity contribution in [2.24, 2.45) is 10.8 Å². The van der Waals surface area contributed by atoms with Crippen LogP contribution in [0.5, 0.6) is 5.75 Å². The summed E-state index contributed by atoms with van der Waals surface area (Å²) in [5, 5.41) is 3.10. The van der Waals surface area contributed by atoms with Gasteiger partial charge in [-0.2, -0.15) is 0 Å². The first-order valence-electron chi connectivity index (χ1n) is 7.05. The molecule has 0 aliphatic heterocycles. The molecule has 3 N–H and O–H groups in total. The molecule has 0 aromatic heterocycles. The molecule has 0 heterocycles. The highest BCUT2D eigenvalue weighted by Crippen LogP contribution is 2.62. The monoisotopic (exact) mass is 276 g/mol. The number of ether oxygens (including phenoxy) is 1. The maximum Gasteiger partial charge on any atom is 0.255 e. The average Bonchev–Trinajstić information content (AvgIpc) is 2.74. The first-order chi connectivity index (χ1) is 9.23. The van der Waals surface area contributed by atoms with Crippen molar-refractivity contribution in [2.45, 2.75) is 40.7 Å². The molecule has 1 aliphatic rings. The van der Waals surface area contributed by atoms with Crippen LogP contribution < -0.4 is 15.8 Å². The van der Waals surface area contributed by atoms with Crippen LogP contribution in [-0.2, 0) is 0 Å². The van der Waals surface area contributed by atoms with E-state index in [2.05, 4.69) is 33.0 Å². The number of nitrogens with one attached hydrogen (secondary N) is 1. The quantitative estimate of drug-likeness (QED) is 0.831. The molecular formula is C16H24N2O2. The number of para-hydroxylation sites is 1. The van der Waals surface area contributed by atoms with Crippen LogP contribution in [-0.4, -0.2) is 18.6 Å². The van der Waals surface area contributed by atoms with Crippen LogP contribution in [0.25, 0.3) is 0 Å². The molecule has 0 atom stereocenters. The van der Waals surface area contributed by atoms with Crippen LogP contribution in [0.4, 0.5) is 5.69 Å². The predicted molar refractivity (Wildman–Crippen MR) is 80.8 cm³/mol. The number of benzene rings is 1. The Labute approximate surface area is 120 Å². The number of anilines is 1. The van der Waals surface area contributed by atoms with E-state index in [1.807, 2.05) is 6.92 Å². The van der Waals surface area contributed by atoms with Crippen LogP contribution in [0.15, 0.2) is 18.2 Å². The summed E-state index contributed by atoms with van der Waals surface area (Å²) >= 11 is 0. The molecule has 1 aromatic rings. The zero-order valence-corrected chi connectivity index (χ0v) is 12.9. The minimum Gasteiger partial charge on any atom is -0.491 e. The van der Waals surface area contributed by atoms with Gasteiger partial charge >= 0.3 is 0 Å². The van der Waals surface area contributed by atoms with Gasteiger partial charge in [0.15, 0.2) is 5.75 Å². The number of carbonyl (C=O) groups is 1. The normalized spacial score (nSPS) is 19.4. The SMILES string of the molecule is CCOc1c(N)cccc1C(=O)NC1C(C)(C)C1(C)C. The summed E-state index contributed by atoms with van der Waals surface area (Å²) in [4.78, 5) is 12.5. The van der Waals surface area contributed by atoms with E-state index < -0.39 is 0 Å². The van der Waals surface area contributed by atoms with Crippen LogP contribution in [0, 0.1) is 10.8 Å². The molecule has 1 fully saturated rings. The standard InChI is InChI=1S/C16H24N2O2/c1-6-20-12-10(8-7-9-11(12)17)13(19)18-14-15(2,3)16(14,4)5/h7-9,14H,6,17H2,1-5H3,(H,18,19). The highest BCUT2D eigenvalue weighted by atomic mass is 16.5. The number of nitrogens with two attached hydrogens (primary N) is 1. The van der Waals surface area contributed by atoms with Gasteiger partial charge in [0.05, 0.1) is 17.9 Å². The van der Waals surface area contributed by atoms with Gasteiger partial charge in [0.25, 0.3) is 5.91 Å². The second-order valence-electron chi connectivity index (χ2n) is 6.51. The van der Waals surface area contributed by atoms with Crippen molar-refractivity contribution in [3.63, 3.8) is 0 Å². The Kier molecular flexibility index (Phi) is 3.44. The van der Waals surface area contributed by atoms with Gasteiger partial charge in [-0.25, -0.2) is 0 Å². The van der Waals surface area contributed by atoms with Crippen molar-refractivity contribution < 1.29 is 9.53 Å². The van der Waals surface area contributed by atoms with Crippen LogP contribution in [0.1, 0.15) is 45.0 Å². The zero-order chi connectivity index (χ0) is 15.1. The van der Waals surface area contributed by atoms with E-state index in [0.29, 0.717) is 23.6 Å². The van der Waals surface area contributed by atoms with E-state index >= 15 is 0 Å². The van der Waals surface area contributed by atoms with E-state index in [9.17, 15) is 4.79 Å². The lowest BCUT2D eigenvalue weighted by molar-refractivity contribution is 0.0940. The number of carbonyl (C=O) groups excluding carboxylic acids is 1. The van der Waals surface area contributed by atoms with Gasteiger partial charge in [-0.05, 0) is 29.9 Å². The fourth-order valence-corrected chi connectivity index (χ4v) is 2.81. The van der Waals surface area contributed by atoms with Crippen molar-refractivity contribution in [1.82, 2.24) is 5.32 Å². The fraction of sp³-hybridized carbons (Fsp3) is 0.562. The number of hydrogen-bond donors (Lipinski definition) is 2. The molecule has 0 spiro atoms. The summed E-state index contributed by atoms with van der Waals surface area (Å²) in [5.41, 5.74) is 7.10. The fourth-order valence-electron chi connectivity index (χ4n) is 2.81. The molecule has 2 rings (SSSR count). The summed E-state index contributed by atoms with van der Waals surface area (Å²) in [6.07, 6.45) is 0. The highest BCUT2D eigenvalue weighted by molar-refractivity contribution is 5.99. The van der Waals surface area contributed by atoms with Gasteiger partial charge in [-0.1, -0.05) is 33.8 Å². The number of hydrogen-bond acceptors (Lipinski definition) is 3. The molecule has 0 saturated heterocycles. The number of amides is 1. The third kappa shape index (κ3) is 2.13. The number of rotatable bonds is 4. The van der Waals surface area contributed by atoms with Gasteiger partial charge < -0.3 is 15.8 Å². The maximum atomic E-state index is 12.5. The summed E-state index contributed by atoms with van der Waals surface area (Å²) < 4.78 is 5.51. The molecular weight excluding hydrogens is 252 g/mol. The summed E-state index contributed by atoms with van der Waals surface area (Å²) in [6, 6.07) is 5.43. The Hall–Kier alpha value is -1.71. The van der Waals surface area contributed by atoms with E-state index in [1.54, 1.807) is 18.2 Å². The van der Waals surface area contributed by atoms with Crippen molar-refractivity contribution >= 4 is 11.6 Å². The lowest BCUT2D eigenvalue weighted by Gasteiger charge is -2.13. The van der Waals surface area contributed by atoms with Crippen molar-refractivity contribution in [3.8, 4) is 5.75 Å². The van der Waals surface area contributed by atoms with Crippen LogP contribution >= 0.6 is 0 Å². The first-order valence-corrected chi connectivity index (χ1v) is 7.05. The molecule has 0 unspecified atom stereocenters. The Balaban J connectivity index is 2.21. The minimum absolute atomic E-state index is 0.106. The molecule has 4 heteroatoms. The van der Waals surface area contributed by atoms with Crippen LogP contribution in [0.2, 0.25) is 0 Å². The molecule has 110 valence electrons. The minimum atomic E-state index is -0.121. The average molecular weight is 276 g/mol. The smallest absolute Gasteiger partial charge is 0.255 e. The van der Waals surface area contributed by atoms with Crippen molar-refractivity contribution in [2.75, 3.05) is 12.3 Å². The van der Waals surface area contributed by atoms with Crippen LogP contribution in [0.3, 0.4) is 0 Å². The molecule has 1 aliphatic carbocycles. The second kappa shape index (κ2) is 4.69. The van der Waals surface area contributed by atoms with E-state index in [-0.39, 0.29) is 22.8 Å². The highest BCUT2D eigenvalue weighted by Gasteiger charge is 2.65. The maximum absolute atomic E-state index is 12.5. The second-order valence-corrected chi connectivity index (χ2v) is 6.51. The summed E-state index contributed by atoms with van der Waals surface area (Å²) in [7, 11) is 0. The summed E-state index contributed by atoms with van der Waals surface area (Å²) in [6.45, 7) is 11.0. The third-order valence-electron chi connectivity index (χ3n) is 4.87. The lowest BCUT2D eigenvalue weighted by Crippen LogP contribution is -2.30. The molecule has 0 radical (unpaired) electrons. The third-order valence-corrected chi connectivity index (χ3v) is 4.87. The van der Waals surface area contributed by atoms with E-state index in [1.165, 1.54) is 0 Å². The zero-order valence-electron chi connectivity index (χ0n) is 12.9. The van der Waals surface area contributed by atoms with Gasteiger partial charge in [-0.3, -0.25) is 4.79 Å². The van der Waals surface area contributed by atoms with Gasteiger partial charge in [-0.15, -0.1) is 0 Å². The van der Waals surface area contributed by atoms with Crippen molar-refractivity contribution in [3.05, 3.63) is 23.8 Å². The first kappa shape index (κ1) is 14.7. The molecule has 20 heavy (non-hydrogen) atoms. The summed E-state index contributed by atoms with van der Waals surface area (Å²) in [5.74, 6) is 0.355.